The second kappa shape index (κ2) is 16.9. The van der Waals surface area contributed by atoms with Crippen LogP contribution in [0.1, 0.15) is 88.1 Å². The Morgan fingerprint density at radius 3 is 2.50 bits per heavy atom. The van der Waals surface area contributed by atoms with E-state index >= 15 is 0 Å². The molecule has 1 aliphatic carbocycles. The summed E-state index contributed by atoms with van der Waals surface area (Å²) in [7, 11) is 2.10. The molecule has 242 valence electrons. The fraction of sp³-hybridized carbons (Fsp3) is 0.611. The smallest absolute Gasteiger partial charge is 0.258 e. The molecule has 1 fully saturated rings. The summed E-state index contributed by atoms with van der Waals surface area (Å²) in [4.78, 5) is 31.4. The number of hydrogen-bond donors (Lipinski definition) is 2. The Kier molecular flexibility index (Phi) is 13.1. The van der Waals surface area contributed by atoms with Crippen molar-refractivity contribution in [2.24, 2.45) is 11.8 Å². The van der Waals surface area contributed by atoms with Gasteiger partial charge in [-0.15, -0.1) is 0 Å². The van der Waals surface area contributed by atoms with E-state index < -0.39 is 6.04 Å². The Morgan fingerprint density at radius 1 is 1.05 bits per heavy atom. The van der Waals surface area contributed by atoms with Gasteiger partial charge in [-0.3, -0.25) is 14.5 Å². The van der Waals surface area contributed by atoms with Crippen LogP contribution < -0.4 is 10.1 Å². The van der Waals surface area contributed by atoms with Crippen LogP contribution in [-0.2, 0) is 16.1 Å². The van der Waals surface area contributed by atoms with Crippen molar-refractivity contribution in [3.05, 3.63) is 59.7 Å². The fourth-order valence-corrected chi connectivity index (χ4v) is 6.34. The van der Waals surface area contributed by atoms with Crippen LogP contribution in [-0.4, -0.2) is 78.3 Å². The van der Waals surface area contributed by atoms with Gasteiger partial charge in [-0.1, -0.05) is 56.5 Å². The van der Waals surface area contributed by atoms with E-state index in [1.165, 1.54) is 12.0 Å². The summed E-state index contributed by atoms with van der Waals surface area (Å²) < 4.78 is 12.8. The third-order valence-electron chi connectivity index (χ3n) is 9.08. The van der Waals surface area contributed by atoms with Crippen molar-refractivity contribution in [3.63, 3.8) is 0 Å². The molecule has 2 aromatic rings. The van der Waals surface area contributed by atoms with E-state index in [-0.39, 0.29) is 42.5 Å². The van der Waals surface area contributed by atoms with E-state index in [4.69, 9.17) is 9.47 Å². The van der Waals surface area contributed by atoms with E-state index in [9.17, 15) is 14.7 Å². The number of carbonyl (C=O) groups excluding carboxylic acids is 2. The van der Waals surface area contributed by atoms with Crippen LogP contribution in [0, 0.1) is 11.8 Å². The number of rotatable bonds is 8. The first-order valence-electron chi connectivity index (χ1n) is 16.6. The number of likely N-dealkylation sites (N-methyl/N-ethyl adjacent to an activating group) is 1. The minimum atomic E-state index is -0.411. The van der Waals surface area contributed by atoms with E-state index in [1.807, 2.05) is 32.0 Å². The van der Waals surface area contributed by atoms with E-state index in [1.54, 1.807) is 11.0 Å². The number of ether oxygens (including phenoxy) is 2. The van der Waals surface area contributed by atoms with Crippen LogP contribution in [0.15, 0.2) is 48.5 Å². The van der Waals surface area contributed by atoms with E-state index in [0.717, 1.165) is 58.0 Å². The van der Waals surface area contributed by atoms with Crippen LogP contribution in [0.5, 0.6) is 5.75 Å². The molecular formula is C36H53N3O5. The van der Waals surface area contributed by atoms with E-state index in [2.05, 4.69) is 48.5 Å². The summed E-state index contributed by atoms with van der Waals surface area (Å²) in [5.41, 5.74) is 2.24. The molecule has 0 bridgehead atoms. The first-order chi connectivity index (χ1) is 21.2. The van der Waals surface area contributed by atoms with Gasteiger partial charge in [0.25, 0.3) is 5.91 Å². The number of carbonyl (C=O) groups is 2. The quantitative estimate of drug-likeness (QED) is 0.375. The Morgan fingerprint density at radius 2 is 1.77 bits per heavy atom. The zero-order chi connectivity index (χ0) is 31.5. The van der Waals surface area contributed by atoms with Crippen molar-refractivity contribution in [1.29, 1.82) is 0 Å². The first-order valence-corrected chi connectivity index (χ1v) is 16.6. The second-order valence-electron chi connectivity index (χ2n) is 13.0. The van der Waals surface area contributed by atoms with Gasteiger partial charge < -0.3 is 24.8 Å². The fourth-order valence-electron chi connectivity index (χ4n) is 6.34. The summed E-state index contributed by atoms with van der Waals surface area (Å²) in [5.74, 6) is 0.317. The van der Waals surface area contributed by atoms with Crippen LogP contribution in [0.3, 0.4) is 0 Å². The maximum absolute atomic E-state index is 14.3. The average Bonchev–Trinajstić information content (AvgIpc) is 3.03. The van der Waals surface area contributed by atoms with Crippen molar-refractivity contribution < 1.29 is 24.2 Å². The molecular weight excluding hydrogens is 554 g/mol. The zero-order valence-corrected chi connectivity index (χ0v) is 27.2. The summed E-state index contributed by atoms with van der Waals surface area (Å²) in [6, 6.07) is 15.4. The lowest BCUT2D eigenvalue weighted by Gasteiger charge is -2.36. The number of fused-ring (bicyclic) bond motifs is 1. The molecule has 0 aromatic heterocycles. The summed E-state index contributed by atoms with van der Waals surface area (Å²) in [5, 5.41) is 13.3. The van der Waals surface area contributed by atoms with Crippen molar-refractivity contribution in [1.82, 2.24) is 9.80 Å². The number of aliphatic hydroxyl groups is 1. The van der Waals surface area contributed by atoms with Gasteiger partial charge in [-0.25, -0.2) is 0 Å². The van der Waals surface area contributed by atoms with Crippen LogP contribution in [0.25, 0.3) is 0 Å². The topological polar surface area (TPSA) is 91.3 Å². The van der Waals surface area contributed by atoms with E-state index in [0.29, 0.717) is 30.2 Å². The molecule has 8 nitrogen and oxygen atoms in total. The molecule has 2 N–H and O–H groups in total. The lowest BCUT2D eigenvalue weighted by atomic mass is 9.88. The number of nitrogens with one attached hydrogen (secondary N) is 1. The number of anilines is 1. The Hall–Kier alpha value is -2.94. The van der Waals surface area contributed by atoms with Gasteiger partial charge in [0.05, 0.1) is 30.4 Å². The number of nitrogens with zero attached hydrogens (tertiary/aromatic N) is 2. The lowest BCUT2D eigenvalue weighted by molar-refractivity contribution is -0.120. The highest BCUT2D eigenvalue weighted by Crippen LogP contribution is 2.30. The highest BCUT2D eigenvalue weighted by Gasteiger charge is 2.31. The monoisotopic (exact) mass is 607 g/mol. The van der Waals surface area contributed by atoms with Gasteiger partial charge in [0.2, 0.25) is 5.91 Å². The number of amides is 2. The molecule has 2 amide bonds. The highest BCUT2D eigenvalue weighted by molar-refractivity contribution is 6.00. The minimum absolute atomic E-state index is 0.00610. The molecule has 0 spiro atoms. The normalized spacial score (nSPS) is 23.4. The maximum Gasteiger partial charge on any atom is 0.258 e. The van der Waals surface area contributed by atoms with Gasteiger partial charge in [0, 0.05) is 43.8 Å². The molecule has 8 heteroatoms. The molecule has 4 rings (SSSR count). The molecule has 0 radical (unpaired) electrons. The number of aliphatic hydroxyl groups excluding tert-OH is 1. The standard InChI is InChI=1S/C36H53N3O5/c1-26-22-39(27(2)25-40)36(42)32-21-31(37-35(41)30-16-9-6-10-17-30)18-19-33(32)44-28(3)13-11-12-20-43-34(26)24-38(4)23-29-14-7-5-8-15-29/h5,7-8,14-15,18-19,21,26-28,30,34,40H,6,9-13,16-17,20,22-25H2,1-4H3,(H,37,41)/t26-,27-,28-,34-/m1/s1. The Bertz CT molecular complexity index is 1190. The molecule has 0 saturated heterocycles. The van der Waals surface area contributed by atoms with Crippen LogP contribution in [0.4, 0.5) is 5.69 Å². The molecule has 1 saturated carbocycles. The predicted molar refractivity (Wildman–Crippen MR) is 175 cm³/mol. The van der Waals surface area contributed by atoms with Crippen LogP contribution >= 0.6 is 0 Å². The number of benzene rings is 2. The molecule has 1 heterocycles. The number of hydrogen-bond acceptors (Lipinski definition) is 6. The SMILES string of the molecule is C[C@@H]1CCCCO[C@H](CN(C)Cc2ccccc2)[C@H](C)CN([C@H](C)CO)C(=O)c2cc(NC(=O)C3CCCCC3)ccc2O1. The van der Waals surface area contributed by atoms with Gasteiger partial charge in [-0.05, 0) is 76.8 Å². The van der Waals surface area contributed by atoms with Crippen LogP contribution in [0.2, 0.25) is 0 Å². The summed E-state index contributed by atoms with van der Waals surface area (Å²) in [6.07, 6.45) is 7.66. The van der Waals surface area contributed by atoms with Gasteiger partial charge in [0.1, 0.15) is 5.75 Å². The molecule has 1 aliphatic heterocycles. The van der Waals surface area contributed by atoms with Gasteiger partial charge in [0.15, 0.2) is 0 Å². The van der Waals surface area contributed by atoms with Crippen molar-refractivity contribution in [2.45, 2.75) is 96.9 Å². The first kappa shape index (κ1) is 33.9. The zero-order valence-electron chi connectivity index (χ0n) is 27.2. The van der Waals surface area contributed by atoms with Crippen molar-refractivity contribution in [3.8, 4) is 5.75 Å². The van der Waals surface area contributed by atoms with Gasteiger partial charge in [-0.2, -0.15) is 0 Å². The van der Waals surface area contributed by atoms with Gasteiger partial charge >= 0.3 is 0 Å². The Balaban J connectivity index is 1.59. The molecule has 4 atom stereocenters. The molecule has 2 aliphatic rings. The van der Waals surface area contributed by atoms with Crippen molar-refractivity contribution >= 4 is 17.5 Å². The second-order valence-corrected chi connectivity index (χ2v) is 13.0. The lowest BCUT2D eigenvalue weighted by Crippen LogP contribution is -2.47. The predicted octanol–water partition coefficient (Wildman–Crippen LogP) is 6.13. The average molecular weight is 608 g/mol. The maximum atomic E-state index is 14.3. The molecule has 2 aromatic carbocycles. The summed E-state index contributed by atoms with van der Waals surface area (Å²) in [6.45, 7) is 8.43. The molecule has 44 heavy (non-hydrogen) atoms. The summed E-state index contributed by atoms with van der Waals surface area (Å²) >= 11 is 0. The third kappa shape index (κ3) is 9.78. The minimum Gasteiger partial charge on any atom is -0.490 e. The molecule has 0 unspecified atom stereocenters. The Labute approximate surface area is 264 Å². The third-order valence-corrected chi connectivity index (χ3v) is 9.08. The highest BCUT2D eigenvalue weighted by atomic mass is 16.5. The largest absolute Gasteiger partial charge is 0.490 e. The van der Waals surface area contributed by atoms with Crippen molar-refractivity contribution in [2.75, 3.05) is 38.7 Å².